The monoisotopic (exact) mass is 321 g/mol. The van der Waals surface area contributed by atoms with Crippen LogP contribution in [0.15, 0.2) is 66.7 Å². The molecular weight excluding hydrogens is 302 g/mol. The molecule has 3 rings (SSSR count). The number of amides is 1. The van der Waals surface area contributed by atoms with E-state index in [9.17, 15) is 4.79 Å². The molecule has 0 fully saturated rings. The molecule has 1 amide bonds. The molecule has 1 aromatic heterocycles. The number of hydrogen-bond donors (Lipinski definition) is 1. The van der Waals surface area contributed by atoms with Gasteiger partial charge in [-0.3, -0.25) is 4.79 Å². The Hall–Kier alpha value is -2.39. The highest BCUT2D eigenvalue weighted by atomic mass is 32.1. The van der Waals surface area contributed by atoms with Crippen LogP contribution < -0.4 is 5.32 Å². The molecule has 0 atom stereocenters. The average molecular weight is 321 g/mol. The molecule has 2 nitrogen and oxygen atoms in total. The first kappa shape index (κ1) is 15.5. The highest BCUT2D eigenvalue weighted by molar-refractivity contribution is 7.12. The fourth-order valence-electron chi connectivity index (χ4n) is 2.72. The van der Waals surface area contributed by atoms with Gasteiger partial charge in [-0.25, -0.2) is 0 Å². The van der Waals surface area contributed by atoms with Crippen molar-refractivity contribution in [2.24, 2.45) is 0 Å². The Labute approximate surface area is 140 Å². The summed E-state index contributed by atoms with van der Waals surface area (Å²) in [4.78, 5) is 14.9. The Kier molecular flexibility index (Phi) is 4.58. The number of carbonyl (C=O) groups excluding carboxylic acids is 1. The summed E-state index contributed by atoms with van der Waals surface area (Å²) in [6, 6.07) is 22.0. The van der Waals surface area contributed by atoms with E-state index in [1.807, 2.05) is 80.6 Å². The fourth-order valence-corrected chi connectivity index (χ4v) is 3.64. The third-order valence-corrected chi connectivity index (χ3v) is 4.79. The van der Waals surface area contributed by atoms with E-state index in [-0.39, 0.29) is 11.9 Å². The van der Waals surface area contributed by atoms with E-state index in [1.165, 1.54) is 0 Å². The Morgan fingerprint density at radius 1 is 0.913 bits per heavy atom. The standard InChI is InChI=1S/C20H19NOS/c1-14-13-18(15(2)23-14)20(22)21-19(16-9-5-3-6-10-16)17-11-7-4-8-12-17/h3-13,19H,1-2H3,(H,21,22). The molecule has 1 N–H and O–H groups in total. The molecule has 0 aliphatic heterocycles. The van der Waals surface area contributed by atoms with Crippen LogP contribution in [0.4, 0.5) is 0 Å². The molecule has 0 saturated carbocycles. The maximum Gasteiger partial charge on any atom is 0.253 e. The van der Waals surface area contributed by atoms with Crippen LogP contribution in [0.25, 0.3) is 0 Å². The summed E-state index contributed by atoms with van der Waals surface area (Å²) >= 11 is 1.66. The van der Waals surface area contributed by atoms with Crippen molar-refractivity contribution in [1.82, 2.24) is 5.32 Å². The largest absolute Gasteiger partial charge is 0.341 e. The van der Waals surface area contributed by atoms with Gasteiger partial charge in [0.2, 0.25) is 0 Å². The quantitative estimate of drug-likeness (QED) is 0.728. The second-order valence-electron chi connectivity index (χ2n) is 5.55. The predicted molar refractivity (Wildman–Crippen MR) is 96.0 cm³/mol. The average Bonchev–Trinajstić information content (AvgIpc) is 2.92. The van der Waals surface area contributed by atoms with Crippen LogP contribution in [0.1, 0.15) is 37.3 Å². The van der Waals surface area contributed by atoms with E-state index in [2.05, 4.69) is 5.32 Å². The van der Waals surface area contributed by atoms with Crippen LogP contribution in [0.3, 0.4) is 0 Å². The number of aryl methyl sites for hydroxylation is 2. The zero-order chi connectivity index (χ0) is 16.2. The molecule has 0 aliphatic carbocycles. The van der Waals surface area contributed by atoms with E-state index in [4.69, 9.17) is 0 Å². The molecule has 3 aromatic rings. The van der Waals surface area contributed by atoms with Gasteiger partial charge in [0.05, 0.1) is 11.6 Å². The molecule has 23 heavy (non-hydrogen) atoms. The van der Waals surface area contributed by atoms with Crippen molar-refractivity contribution < 1.29 is 4.79 Å². The smallest absolute Gasteiger partial charge is 0.253 e. The molecule has 3 heteroatoms. The lowest BCUT2D eigenvalue weighted by Gasteiger charge is -2.20. The summed E-state index contributed by atoms with van der Waals surface area (Å²) in [5.74, 6) is -0.0236. The van der Waals surface area contributed by atoms with Gasteiger partial charge in [0.25, 0.3) is 5.91 Å². The zero-order valence-electron chi connectivity index (χ0n) is 13.2. The summed E-state index contributed by atoms with van der Waals surface area (Å²) in [6.45, 7) is 4.02. The molecule has 0 spiro atoms. The van der Waals surface area contributed by atoms with E-state index in [0.29, 0.717) is 0 Å². The van der Waals surface area contributed by atoms with E-state index < -0.39 is 0 Å². The normalized spacial score (nSPS) is 10.7. The van der Waals surface area contributed by atoms with Crippen molar-refractivity contribution in [2.75, 3.05) is 0 Å². The van der Waals surface area contributed by atoms with Crippen LogP contribution in [-0.2, 0) is 0 Å². The van der Waals surface area contributed by atoms with E-state index in [0.717, 1.165) is 26.4 Å². The van der Waals surface area contributed by atoms with Gasteiger partial charge >= 0.3 is 0 Å². The van der Waals surface area contributed by atoms with Crippen LogP contribution in [0, 0.1) is 13.8 Å². The van der Waals surface area contributed by atoms with Gasteiger partial charge in [0, 0.05) is 9.75 Å². The Bertz CT molecular complexity index is 754. The molecule has 0 bridgehead atoms. The highest BCUT2D eigenvalue weighted by Crippen LogP contribution is 2.25. The first-order valence-electron chi connectivity index (χ1n) is 7.63. The minimum Gasteiger partial charge on any atom is -0.341 e. The maximum absolute atomic E-state index is 12.7. The summed E-state index contributed by atoms with van der Waals surface area (Å²) in [7, 11) is 0. The number of nitrogens with one attached hydrogen (secondary N) is 1. The summed E-state index contributed by atoms with van der Waals surface area (Å²) in [5, 5.41) is 3.19. The number of rotatable bonds is 4. The summed E-state index contributed by atoms with van der Waals surface area (Å²) in [6.07, 6.45) is 0. The molecule has 1 heterocycles. The van der Waals surface area contributed by atoms with Crippen LogP contribution >= 0.6 is 11.3 Å². The SMILES string of the molecule is Cc1cc(C(=O)NC(c2ccccc2)c2ccccc2)c(C)s1. The van der Waals surface area contributed by atoms with Crippen LogP contribution in [0.2, 0.25) is 0 Å². The van der Waals surface area contributed by atoms with Gasteiger partial charge in [0.15, 0.2) is 0 Å². The van der Waals surface area contributed by atoms with Crippen molar-refractivity contribution in [2.45, 2.75) is 19.9 Å². The molecule has 0 radical (unpaired) electrons. The van der Waals surface area contributed by atoms with Gasteiger partial charge < -0.3 is 5.32 Å². The third-order valence-electron chi connectivity index (χ3n) is 3.83. The second kappa shape index (κ2) is 6.80. The summed E-state index contributed by atoms with van der Waals surface area (Å²) in [5.41, 5.74) is 2.93. The second-order valence-corrected chi connectivity index (χ2v) is 7.02. The number of hydrogen-bond acceptors (Lipinski definition) is 2. The fraction of sp³-hybridized carbons (Fsp3) is 0.150. The lowest BCUT2D eigenvalue weighted by atomic mass is 9.98. The van der Waals surface area contributed by atoms with Gasteiger partial charge in [-0.15, -0.1) is 11.3 Å². The lowest BCUT2D eigenvalue weighted by molar-refractivity contribution is 0.0943. The molecular formula is C20H19NOS. The Morgan fingerprint density at radius 3 is 1.87 bits per heavy atom. The first-order chi connectivity index (χ1) is 11.1. The molecule has 116 valence electrons. The van der Waals surface area contributed by atoms with E-state index >= 15 is 0 Å². The van der Waals surface area contributed by atoms with E-state index in [1.54, 1.807) is 11.3 Å². The van der Waals surface area contributed by atoms with Crippen LogP contribution in [-0.4, -0.2) is 5.91 Å². The molecule has 0 saturated heterocycles. The van der Waals surface area contributed by atoms with Crippen LogP contribution in [0.5, 0.6) is 0 Å². The zero-order valence-corrected chi connectivity index (χ0v) is 14.1. The highest BCUT2D eigenvalue weighted by Gasteiger charge is 2.19. The number of benzene rings is 2. The van der Waals surface area contributed by atoms with Crippen molar-refractivity contribution >= 4 is 17.2 Å². The summed E-state index contributed by atoms with van der Waals surface area (Å²) < 4.78 is 0. The third kappa shape index (κ3) is 3.51. The Balaban J connectivity index is 1.93. The Morgan fingerprint density at radius 2 is 1.43 bits per heavy atom. The minimum absolute atomic E-state index is 0.0236. The van der Waals surface area contributed by atoms with Crippen molar-refractivity contribution in [3.8, 4) is 0 Å². The lowest BCUT2D eigenvalue weighted by Crippen LogP contribution is -2.29. The van der Waals surface area contributed by atoms with Gasteiger partial charge in [-0.05, 0) is 31.0 Å². The molecule has 2 aromatic carbocycles. The molecule has 0 unspecified atom stereocenters. The van der Waals surface area contributed by atoms with Crippen molar-refractivity contribution in [3.63, 3.8) is 0 Å². The minimum atomic E-state index is -0.149. The van der Waals surface area contributed by atoms with Gasteiger partial charge in [-0.1, -0.05) is 60.7 Å². The first-order valence-corrected chi connectivity index (χ1v) is 8.44. The number of carbonyl (C=O) groups is 1. The van der Waals surface area contributed by atoms with Gasteiger partial charge in [0.1, 0.15) is 0 Å². The van der Waals surface area contributed by atoms with Crippen molar-refractivity contribution in [3.05, 3.63) is 93.2 Å². The van der Waals surface area contributed by atoms with Crippen molar-refractivity contribution in [1.29, 1.82) is 0 Å². The van der Waals surface area contributed by atoms with Gasteiger partial charge in [-0.2, -0.15) is 0 Å². The topological polar surface area (TPSA) is 29.1 Å². The number of thiophene rings is 1. The predicted octanol–water partition coefficient (Wildman–Crippen LogP) is 4.88. The molecule has 0 aliphatic rings. The maximum atomic E-state index is 12.7.